The maximum absolute atomic E-state index is 8.77. The minimum absolute atomic E-state index is 0.193. The summed E-state index contributed by atoms with van der Waals surface area (Å²) in [5, 5.41) is 13.0. The van der Waals surface area contributed by atoms with Crippen LogP contribution < -0.4 is 5.32 Å². The van der Waals surface area contributed by atoms with Gasteiger partial charge in [0.15, 0.2) is 0 Å². The summed E-state index contributed by atoms with van der Waals surface area (Å²) in [6.07, 6.45) is 1.12. The van der Waals surface area contributed by atoms with E-state index >= 15 is 0 Å². The molecule has 17 heavy (non-hydrogen) atoms. The van der Waals surface area contributed by atoms with Gasteiger partial charge in [-0.2, -0.15) is 0 Å². The predicted octanol–water partition coefficient (Wildman–Crippen LogP) is 3.49. The molecule has 0 saturated heterocycles. The van der Waals surface area contributed by atoms with Crippen molar-refractivity contribution in [2.45, 2.75) is 31.2 Å². The van der Waals surface area contributed by atoms with E-state index in [1.54, 1.807) is 11.8 Å². The van der Waals surface area contributed by atoms with E-state index in [2.05, 4.69) is 31.3 Å². The smallest absolute Gasteiger partial charge is 0.0525 e. The van der Waals surface area contributed by atoms with Crippen molar-refractivity contribution < 1.29 is 5.11 Å². The average molecular weight is 274 g/mol. The van der Waals surface area contributed by atoms with Gasteiger partial charge in [0.25, 0.3) is 0 Å². The summed E-state index contributed by atoms with van der Waals surface area (Å²) in [5.74, 6) is 0.708. The van der Waals surface area contributed by atoms with Gasteiger partial charge in [0, 0.05) is 21.7 Å². The number of aliphatic hydroxyl groups excluding tert-OH is 1. The van der Waals surface area contributed by atoms with Crippen LogP contribution in [0.1, 0.15) is 31.9 Å². The first-order chi connectivity index (χ1) is 8.19. The van der Waals surface area contributed by atoms with Gasteiger partial charge in [0.1, 0.15) is 0 Å². The van der Waals surface area contributed by atoms with Gasteiger partial charge in [-0.15, -0.1) is 11.8 Å². The molecule has 0 heterocycles. The van der Waals surface area contributed by atoms with E-state index in [1.165, 1.54) is 0 Å². The van der Waals surface area contributed by atoms with Crippen molar-refractivity contribution in [3.05, 3.63) is 28.8 Å². The second kappa shape index (κ2) is 7.98. The van der Waals surface area contributed by atoms with Crippen molar-refractivity contribution in [1.82, 2.24) is 5.32 Å². The first kappa shape index (κ1) is 14.8. The summed E-state index contributed by atoms with van der Waals surface area (Å²) < 4.78 is 0. The Morgan fingerprint density at radius 2 is 2.24 bits per heavy atom. The highest BCUT2D eigenvalue weighted by molar-refractivity contribution is 7.99. The van der Waals surface area contributed by atoms with E-state index in [9.17, 15) is 0 Å². The Morgan fingerprint density at radius 1 is 1.47 bits per heavy atom. The van der Waals surface area contributed by atoms with E-state index in [4.69, 9.17) is 16.7 Å². The van der Waals surface area contributed by atoms with Gasteiger partial charge in [-0.3, -0.25) is 0 Å². The topological polar surface area (TPSA) is 32.3 Å². The van der Waals surface area contributed by atoms with Crippen molar-refractivity contribution in [1.29, 1.82) is 0 Å². The minimum Gasteiger partial charge on any atom is -0.396 e. The van der Waals surface area contributed by atoms with Crippen molar-refractivity contribution in [3.63, 3.8) is 0 Å². The van der Waals surface area contributed by atoms with Gasteiger partial charge in [-0.1, -0.05) is 24.6 Å². The maximum Gasteiger partial charge on any atom is 0.0525 e. The number of thioether (sulfide) groups is 1. The molecular weight excluding hydrogens is 254 g/mol. The van der Waals surface area contributed by atoms with Gasteiger partial charge >= 0.3 is 0 Å². The molecule has 0 radical (unpaired) electrons. The Hall–Kier alpha value is -0.220. The summed E-state index contributed by atoms with van der Waals surface area (Å²) in [5.41, 5.74) is 1.13. The van der Waals surface area contributed by atoms with Gasteiger partial charge in [0.2, 0.25) is 0 Å². The van der Waals surface area contributed by atoms with Crippen molar-refractivity contribution >= 4 is 23.4 Å². The Bertz CT molecular complexity index is 346. The highest BCUT2D eigenvalue weighted by atomic mass is 35.5. The van der Waals surface area contributed by atoms with Crippen molar-refractivity contribution in [2.24, 2.45) is 0 Å². The molecule has 0 fully saturated rings. The lowest BCUT2D eigenvalue weighted by molar-refractivity contribution is 0.322. The molecule has 1 rings (SSSR count). The van der Waals surface area contributed by atoms with Crippen LogP contribution in [0.2, 0.25) is 5.02 Å². The van der Waals surface area contributed by atoms with Crippen LogP contribution in [0.4, 0.5) is 0 Å². The third-order valence-electron chi connectivity index (χ3n) is 2.50. The van der Waals surface area contributed by atoms with E-state index in [0.29, 0.717) is 5.75 Å². The highest BCUT2D eigenvalue weighted by Crippen LogP contribution is 2.28. The average Bonchev–Trinajstić information content (AvgIpc) is 2.33. The fourth-order valence-electron chi connectivity index (χ4n) is 1.58. The summed E-state index contributed by atoms with van der Waals surface area (Å²) in [6.45, 7) is 5.46. The fourth-order valence-corrected chi connectivity index (χ4v) is 2.68. The lowest BCUT2D eigenvalue weighted by Gasteiger charge is -2.15. The maximum atomic E-state index is 8.77. The quantitative estimate of drug-likeness (QED) is 0.746. The first-order valence-corrected chi connectivity index (χ1v) is 7.31. The molecule has 1 unspecified atom stereocenters. The molecule has 0 aliphatic heterocycles. The van der Waals surface area contributed by atoms with Gasteiger partial charge in [-0.25, -0.2) is 0 Å². The molecule has 0 bridgehead atoms. The third-order valence-corrected chi connectivity index (χ3v) is 3.80. The molecular formula is C13H20ClNOS. The summed E-state index contributed by atoms with van der Waals surface area (Å²) in [4.78, 5) is 1.11. The normalized spacial score (nSPS) is 12.7. The van der Waals surface area contributed by atoms with Crippen LogP contribution in [0.5, 0.6) is 0 Å². The lowest BCUT2D eigenvalue weighted by Crippen LogP contribution is -2.19. The molecule has 2 N–H and O–H groups in total. The number of nitrogens with one attached hydrogen (secondary N) is 1. The number of halogens is 1. The van der Waals surface area contributed by atoms with Gasteiger partial charge < -0.3 is 10.4 Å². The van der Waals surface area contributed by atoms with E-state index < -0.39 is 0 Å². The summed E-state index contributed by atoms with van der Waals surface area (Å²) >= 11 is 7.88. The molecule has 2 nitrogen and oxygen atoms in total. The first-order valence-electron chi connectivity index (χ1n) is 5.95. The van der Waals surface area contributed by atoms with E-state index in [-0.39, 0.29) is 12.6 Å². The molecule has 1 atom stereocenters. The zero-order valence-electron chi connectivity index (χ0n) is 10.4. The van der Waals surface area contributed by atoms with E-state index in [1.807, 2.05) is 6.07 Å². The Morgan fingerprint density at radius 3 is 2.82 bits per heavy atom. The molecule has 96 valence electrons. The number of benzene rings is 1. The monoisotopic (exact) mass is 273 g/mol. The molecule has 0 aromatic heterocycles. The fraction of sp³-hybridized carbons (Fsp3) is 0.538. The Kier molecular flexibility index (Phi) is 6.97. The summed E-state index contributed by atoms with van der Waals surface area (Å²) in [6, 6.07) is 6.38. The molecule has 1 aromatic rings. The van der Waals surface area contributed by atoms with Crippen LogP contribution in [0.25, 0.3) is 0 Å². The van der Waals surface area contributed by atoms with Crippen LogP contribution in [0.3, 0.4) is 0 Å². The molecule has 4 heteroatoms. The van der Waals surface area contributed by atoms with Crippen LogP contribution in [0.15, 0.2) is 23.1 Å². The molecule has 1 aromatic carbocycles. The lowest BCUT2D eigenvalue weighted by atomic mass is 10.1. The predicted molar refractivity (Wildman–Crippen MR) is 76.0 cm³/mol. The standard InChI is InChI=1S/C13H20ClNOS/c1-3-6-15-10(2)12-5-4-11(9-13(12)14)17-8-7-16/h4-5,9-10,15-16H,3,6-8H2,1-2H3. The zero-order chi connectivity index (χ0) is 12.7. The number of rotatable bonds is 7. The van der Waals surface area contributed by atoms with E-state index in [0.717, 1.165) is 28.4 Å². The molecule has 0 saturated carbocycles. The van der Waals surface area contributed by atoms with Crippen LogP contribution >= 0.6 is 23.4 Å². The molecule has 0 amide bonds. The van der Waals surface area contributed by atoms with Crippen LogP contribution in [-0.2, 0) is 0 Å². The molecule has 0 spiro atoms. The van der Waals surface area contributed by atoms with Crippen LogP contribution in [0, 0.1) is 0 Å². The second-order valence-corrected chi connectivity index (χ2v) is 5.51. The Labute approximate surface area is 113 Å². The highest BCUT2D eigenvalue weighted by Gasteiger charge is 2.09. The number of aliphatic hydroxyl groups is 1. The second-order valence-electron chi connectivity index (χ2n) is 3.93. The largest absolute Gasteiger partial charge is 0.396 e. The van der Waals surface area contributed by atoms with Crippen molar-refractivity contribution in [2.75, 3.05) is 18.9 Å². The third kappa shape index (κ3) is 4.88. The zero-order valence-corrected chi connectivity index (χ0v) is 11.9. The SMILES string of the molecule is CCCNC(C)c1ccc(SCCO)cc1Cl. The van der Waals surface area contributed by atoms with Gasteiger partial charge in [0.05, 0.1) is 6.61 Å². The molecule has 0 aliphatic rings. The van der Waals surface area contributed by atoms with Gasteiger partial charge in [-0.05, 0) is 37.6 Å². The number of hydrogen-bond acceptors (Lipinski definition) is 3. The minimum atomic E-state index is 0.193. The Balaban J connectivity index is 2.68. The summed E-state index contributed by atoms with van der Waals surface area (Å²) in [7, 11) is 0. The molecule has 0 aliphatic carbocycles. The van der Waals surface area contributed by atoms with Crippen LogP contribution in [-0.4, -0.2) is 24.0 Å². The van der Waals surface area contributed by atoms with Crippen molar-refractivity contribution in [3.8, 4) is 0 Å². The number of hydrogen-bond donors (Lipinski definition) is 2.